The fourth-order valence-corrected chi connectivity index (χ4v) is 5.83. The van der Waals surface area contributed by atoms with E-state index in [4.69, 9.17) is 5.73 Å². The predicted molar refractivity (Wildman–Crippen MR) is 145 cm³/mol. The summed E-state index contributed by atoms with van der Waals surface area (Å²) in [6.45, 7) is 0. The summed E-state index contributed by atoms with van der Waals surface area (Å²) in [5.41, 5.74) is 8.08. The van der Waals surface area contributed by atoms with Crippen molar-refractivity contribution in [3.05, 3.63) is 66.2 Å². The van der Waals surface area contributed by atoms with Crippen LogP contribution in [0.4, 0.5) is 11.4 Å². The molecule has 1 fully saturated rings. The molecular weight excluding hydrogens is 472 g/mol. The number of hydrogen-bond donors (Lipinski definition) is 3. The molecule has 0 unspecified atom stereocenters. The van der Waals surface area contributed by atoms with Crippen LogP contribution in [0.15, 0.2) is 65.6 Å². The summed E-state index contributed by atoms with van der Waals surface area (Å²) in [7, 11) is -0.420. The number of anilines is 2. The van der Waals surface area contributed by atoms with Crippen LogP contribution in [0.2, 0.25) is 0 Å². The molecule has 0 heterocycles. The zero-order valence-corrected chi connectivity index (χ0v) is 21.4. The van der Waals surface area contributed by atoms with E-state index in [1.165, 1.54) is 0 Å². The van der Waals surface area contributed by atoms with Crippen LogP contribution in [-0.2, 0) is 14.8 Å². The number of nitrogens with two attached hydrogens (primary N) is 1. The molecule has 0 bridgehead atoms. The van der Waals surface area contributed by atoms with Crippen molar-refractivity contribution in [3.8, 4) is 11.8 Å². The van der Waals surface area contributed by atoms with E-state index in [0.29, 0.717) is 11.3 Å². The van der Waals surface area contributed by atoms with Gasteiger partial charge in [0, 0.05) is 32.1 Å². The molecule has 1 aliphatic rings. The Balaban J connectivity index is 1.59. The largest absolute Gasteiger partial charge is 0.397 e. The van der Waals surface area contributed by atoms with Gasteiger partial charge in [-0.2, -0.15) is 4.72 Å². The third kappa shape index (κ3) is 5.81. The van der Waals surface area contributed by atoms with Crippen LogP contribution in [0.3, 0.4) is 0 Å². The van der Waals surface area contributed by atoms with Crippen molar-refractivity contribution in [1.29, 1.82) is 0 Å². The number of nitrogens with zero attached hydrogens (tertiary/aromatic N) is 1. The summed E-state index contributed by atoms with van der Waals surface area (Å²) in [6, 6.07) is 17.0. The van der Waals surface area contributed by atoms with Crippen LogP contribution >= 0.6 is 0 Å². The van der Waals surface area contributed by atoms with E-state index in [1.807, 2.05) is 36.4 Å². The third-order valence-electron chi connectivity index (χ3n) is 6.71. The monoisotopic (exact) mass is 504 g/mol. The molecule has 0 radical (unpaired) electrons. The highest BCUT2D eigenvalue weighted by Crippen LogP contribution is 2.24. The van der Waals surface area contributed by atoms with E-state index in [0.717, 1.165) is 42.1 Å². The Morgan fingerprint density at radius 3 is 2.50 bits per heavy atom. The number of rotatable bonds is 7. The zero-order chi connectivity index (χ0) is 25.7. The van der Waals surface area contributed by atoms with Crippen molar-refractivity contribution in [2.75, 3.05) is 25.1 Å². The molecule has 0 spiro atoms. The van der Waals surface area contributed by atoms with Crippen molar-refractivity contribution in [2.45, 2.75) is 49.1 Å². The maximum atomic E-state index is 13.4. The zero-order valence-electron chi connectivity index (χ0n) is 20.6. The fraction of sp³-hybridized carbons (Fsp3) is 0.321. The molecule has 4 rings (SSSR count). The summed E-state index contributed by atoms with van der Waals surface area (Å²) < 4.78 is 29.3. The number of likely N-dealkylation sites (N-methyl/N-ethyl adjacent to an activating group) is 1. The van der Waals surface area contributed by atoms with Gasteiger partial charge in [0.2, 0.25) is 15.9 Å². The molecule has 36 heavy (non-hydrogen) atoms. The van der Waals surface area contributed by atoms with E-state index in [9.17, 15) is 13.2 Å². The maximum absolute atomic E-state index is 13.4. The molecule has 1 aliphatic carbocycles. The number of carbonyl (C=O) groups is 1. The quantitative estimate of drug-likeness (QED) is 0.334. The Kier molecular flexibility index (Phi) is 7.82. The van der Waals surface area contributed by atoms with Crippen molar-refractivity contribution in [2.24, 2.45) is 0 Å². The van der Waals surface area contributed by atoms with Gasteiger partial charge in [-0.15, -0.1) is 0 Å². The summed E-state index contributed by atoms with van der Waals surface area (Å²) in [4.78, 5) is 15.2. The van der Waals surface area contributed by atoms with E-state index < -0.39 is 16.1 Å². The molecular formula is C28H32N4O3S. The minimum absolute atomic E-state index is 0.0381. The highest BCUT2D eigenvalue weighted by molar-refractivity contribution is 7.89. The van der Waals surface area contributed by atoms with Gasteiger partial charge in [0.05, 0.1) is 16.3 Å². The van der Waals surface area contributed by atoms with Gasteiger partial charge in [-0.1, -0.05) is 55.0 Å². The second-order valence-corrected chi connectivity index (χ2v) is 10.8. The molecule has 0 saturated heterocycles. The molecule has 0 aliphatic heterocycles. The highest BCUT2D eigenvalue weighted by Gasteiger charge is 2.31. The van der Waals surface area contributed by atoms with Gasteiger partial charge in [-0.25, -0.2) is 8.42 Å². The first-order valence-electron chi connectivity index (χ1n) is 12.1. The van der Waals surface area contributed by atoms with Gasteiger partial charge in [-0.05, 0) is 53.9 Å². The first-order valence-corrected chi connectivity index (χ1v) is 13.6. The summed E-state index contributed by atoms with van der Waals surface area (Å²) >= 11 is 0. The highest BCUT2D eigenvalue weighted by atomic mass is 32.2. The van der Waals surface area contributed by atoms with E-state index in [2.05, 4.69) is 21.9 Å². The minimum Gasteiger partial charge on any atom is -0.397 e. The number of fused-ring (bicyclic) bond motifs is 1. The molecule has 7 nitrogen and oxygen atoms in total. The minimum atomic E-state index is -3.96. The number of nitrogens with one attached hydrogen (secondary N) is 2. The maximum Gasteiger partial charge on any atom is 0.241 e. The summed E-state index contributed by atoms with van der Waals surface area (Å²) in [5, 5.41) is 4.76. The lowest BCUT2D eigenvalue weighted by Gasteiger charge is -2.28. The van der Waals surface area contributed by atoms with Crippen LogP contribution in [0.25, 0.3) is 10.8 Å². The van der Waals surface area contributed by atoms with Gasteiger partial charge < -0.3 is 16.0 Å². The fourth-order valence-electron chi connectivity index (χ4n) is 4.61. The summed E-state index contributed by atoms with van der Waals surface area (Å²) in [6.07, 6.45) is 4.03. The normalized spacial score (nSPS) is 14.7. The molecule has 1 amide bonds. The van der Waals surface area contributed by atoms with Crippen LogP contribution < -0.4 is 15.8 Å². The van der Waals surface area contributed by atoms with Gasteiger partial charge in [-0.3, -0.25) is 4.79 Å². The molecule has 1 saturated carbocycles. The van der Waals surface area contributed by atoms with Crippen LogP contribution in [0.5, 0.6) is 0 Å². The predicted octanol–water partition coefficient (Wildman–Crippen LogP) is 3.95. The standard InChI is InChI=1S/C28H32N4O3S/c1-30-26-17-14-20(18-25(26)29)8-7-13-27(28(33)32(2)23-11-5-6-12-23)31-36(34,35)24-16-15-21-9-3-4-10-22(21)19-24/h3-4,9-10,14-19,23,27,30-31H,5-6,11-13,29H2,1-2H3/t27-/m0/s1. The smallest absolute Gasteiger partial charge is 0.241 e. The molecule has 4 N–H and O–H groups in total. The Morgan fingerprint density at radius 1 is 1.08 bits per heavy atom. The molecule has 8 heteroatoms. The first kappa shape index (κ1) is 25.5. The third-order valence-corrected chi connectivity index (χ3v) is 8.18. The van der Waals surface area contributed by atoms with E-state index in [1.54, 1.807) is 43.3 Å². The Bertz CT molecular complexity index is 1420. The topological polar surface area (TPSA) is 105 Å². The second-order valence-electron chi connectivity index (χ2n) is 9.13. The first-order chi connectivity index (χ1) is 17.3. The lowest BCUT2D eigenvalue weighted by molar-refractivity contribution is -0.133. The van der Waals surface area contributed by atoms with Crippen LogP contribution in [0, 0.1) is 11.8 Å². The van der Waals surface area contributed by atoms with Crippen molar-refractivity contribution < 1.29 is 13.2 Å². The van der Waals surface area contributed by atoms with Gasteiger partial charge >= 0.3 is 0 Å². The summed E-state index contributed by atoms with van der Waals surface area (Å²) in [5.74, 6) is 5.74. The average molecular weight is 505 g/mol. The number of carbonyl (C=O) groups excluding carboxylic acids is 1. The second kappa shape index (κ2) is 11.0. The Morgan fingerprint density at radius 2 is 1.81 bits per heavy atom. The van der Waals surface area contributed by atoms with Crippen LogP contribution in [0.1, 0.15) is 37.7 Å². The molecule has 1 atom stereocenters. The van der Waals surface area contributed by atoms with E-state index in [-0.39, 0.29) is 23.3 Å². The number of nitrogen functional groups attached to an aromatic ring is 1. The number of benzene rings is 3. The lowest BCUT2D eigenvalue weighted by atomic mass is 10.1. The number of sulfonamides is 1. The van der Waals surface area contributed by atoms with Crippen molar-refractivity contribution in [1.82, 2.24) is 9.62 Å². The average Bonchev–Trinajstić information content (AvgIpc) is 3.42. The molecule has 3 aromatic carbocycles. The van der Waals surface area contributed by atoms with E-state index >= 15 is 0 Å². The van der Waals surface area contributed by atoms with Gasteiger partial charge in [0.25, 0.3) is 0 Å². The molecule has 188 valence electrons. The molecule has 3 aromatic rings. The number of amides is 1. The lowest BCUT2D eigenvalue weighted by Crippen LogP contribution is -2.49. The van der Waals surface area contributed by atoms with Crippen LogP contribution in [-0.4, -0.2) is 45.4 Å². The van der Waals surface area contributed by atoms with Gasteiger partial charge in [0.15, 0.2) is 0 Å². The van der Waals surface area contributed by atoms with Gasteiger partial charge in [0.1, 0.15) is 6.04 Å². The SMILES string of the molecule is CNc1ccc(C#CC[C@H](NS(=O)(=O)c2ccc3ccccc3c2)C(=O)N(C)C2CCCC2)cc1N. The number of hydrogen-bond acceptors (Lipinski definition) is 5. The Labute approximate surface area is 213 Å². The molecule has 0 aromatic heterocycles. The Hall–Kier alpha value is -3.54. The van der Waals surface area contributed by atoms with Crippen molar-refractivity contribution in [3.63, 3.8) is 0 Å². The van der Waals surface area contributed by atoms with Crippen molar-refractivity contribution >= 4 is 38.1 Å².